The number of hydrogen-bond donors (Lipinski definition) is 0. The summed E-state index contributed by atoms with van der Waals surface area (Å²) < 4.78 is 0. The molecule has 0 N–H and O–H groups in total. The molecule has 3 rings (SSSR count). The molecule has 0 aromatic heterocycles. The van der Waals surface area contributed by atoms with Crippen molar-refractivity contribution in [3.8, 4) is 0 Å². The van der Waals surface area contributed by atoms with E-state index in [1.165, 1.54) is 12.5 Å². The molecule has 27 heavy (non-hydrogen) atoms. The fraction of sp³-hybridized carbons (Fsp3) is 0.571. The van der Waals surface area contributed by atoms with Gasteiger partial charge in [0.25, 0.3) is 5.69 Å². The van der Waals surface area contributed by atoms with Crippen molar-refractivity contribution in [2.24, 2.45) is 5.92 Å². The molecule has 6 heteroatoms. The summed E-state index contributed by atoms with van der Waals surface area (Å²) in [7, 11) is 0. The van der Waals surface area contributed by atoms with Crippen LogP contribution in [0.4, 0.5) is 17.1 Å². The number of nitro benzene ring substituents is 1. The summed E-state index contributed by atoms with van der Waals surface area (Å²) in [4.78, 5) is 28.5. The van der Waals surface area contributed by atoms with Crippen LogP contribution in [0.25, 0.3) is 0 Å². The van der Waals surface area contributed by atoms with Gasteiger partial charge in [-0.25, -0.2) is 0 Å². The van der Waals surface area contributed by atoms with Crippen LogP contribution in [-0.4, -0.2) is 29.5 Å². The van der Waals surface area contributed by atoms with Gasteiger partial charge in [-0.05, 0) is 31.2 Å². The number of carbonyl (C=O) groups excluding carboxylic acids is 1. The highest BCUT2D eigenvalue weighted by atomic mass is 16.6. The number of nitrogens with zero attached hydrogens (tertiary/aromatic N) is 3. The van der Waals surface area contributed by atoms with Crippen LogP contribution in [-0.2, 0) is 4.79 Å². The van der Waals surface area contributed by atoms with Gasteiger partial charge in [-0.1, -0.05) is 39.2 Å². The molecule has 1 aromatic carbocycles. The zero-order chi connectivity index (χ0) is 19.6. The summed E-state index contributed by atoms with van der Waals surface area (Å²) in [5.74, 6) is 0.449. The van der Waals surface area contributed by atoms with Crippen LogP contribution in [0.3, 0.4) is 0 Å². The lowest BCUT2D eigenvalue weighted by atomic mass is 9.90. The molecule has 1 aliphatic carbocycles. The second-order valence-corrected chi connectivity index (χ2v) is 8.02. The van der Waals surface area contributed by atoms with Crippen LogP contribution < -0.4 is 9.80 Å². The van der Waals surface area contributed by atoms with Crippen LogP contribution in [0, 0.1) is 16.0 Å². The molecule has 0 saturated heterocycles. The largest absolute Gasteiger partial charge is 0.354 e. The number of fused-ring (bicyclic) bond motifs is 1. The number of non-ortho nitro benzene ring substituents is 1. The first-order valence-corrected chi connectivity index (χ1v) is 9.93. The Labute approximate surface area is 161 Å². The molecule has 0 bridgehead atoms. The Morgan fingerprint density at radius 1 is 1.26 bits per heavy atom. The number of benzene rings is 1. The number of rotatable bonds is 6. The Hall–Kier alpha value is -2.37. The smallest absolute Gasteiger partial charge is 0.271 e. The number of hydrogen-bond acceptors (Lipinski definition) is 4. The van der Waals surface area contributed by atoms with Crippen LogP contribution >= 0.6 is 0 Å². The van der Waals surface area contributed by atoms with E-state index in [-0.39, 0.29) is 28.6 Å². The zero-order valence-electron chi connectivity index (χ0n) is 16.3. The Bertz CT molecular complexity index is 725. The molecule has 1 heterocycles. The van der Waals surface area contributed by atoms with E-state index < -0.39 is 0 Å². The van der Waals surface area contributed by atoms with Gasteiger partial charge in [-0.2, -0.15) is 0 Å². The minimum absolute atomic E-state index is 0.0308. The maximum atomic E-state index is 13.6. The predicted molar refractivity (Wildman–Crippen MR) is 108 cm³/mol. The van der Waals surface area contributed by atoms with Gasteiger partial charge in [0, 0.05) is 24.7 Å². The molecule has 2 aliphatic rings. The number of anilines is 2. The van der Waals surface area contributed by atoms with E-state index in [2.05, 4.69) is 25.3 Å². The molecule has 1 aromatic rings. The molecule has 1 amide bonds. The molecular formula is C21H29N3O3. The van der Waals surface area contributed by atoms with Crippen molar-refractivity contribution >= 4 is 23.0 Å². The van der Waals surface area contributed by atoms with Crippen LogP contribution in [0.2, 0.25) is 0 Å². The highest BCUT2D eigenvalue weighted by Crippen LogP contribution is 2.42. The van der Waals surface area contributed by atoms with Gasteiger partial charge < -0.3 is 9.80 Å². The lowest BCUT2D eigenvalue weighted by molar-refractivity contribution is -0.384. The quantitative estimate of drug-likeness (QED) is 0.414. The summed E-state index contributed by atoms with van der Waals surface area (Å²) in [6, 6.07) is 4.79. The van der Waals surface area contributed by atoms with E-state index in [1.807, 2.05) is 4.90 Å². The molecular weight excluding hydrogens is 342 g/mol. The molecule has 1 fully saturated rings. The second kappa shape index (κ2) is 8.11. The fourth-order valence-electron chi connectivity index (χ4n) is 4.40. The predicted octanol–water partition coefficient (Wildman–Crippen LogP) is 4.68. The third-order valence-corrected chi connectivity index (χ3v) is 5.60. The van der Waals surface area contributed by atoms with Crippen molar-refractivity contribution in [2.45, 2.75) is 64.5 Å². The van der Waals surface area contributed by atoms with E-state index in [0.717, 1.165) is 37.8 Å². The van der Waals surface area contributed by atoms with Crippen LogP contribution in [0.1, 0.15) is 52.4 Å². The van der Waals surface area contributed by atoms with Crippen molar-refractivity contribution in [3.63, 3.8) is 0 Å². The van der Waals surface area contributed by atoms with Gasteiger partial charge in [-0.3, -0.25) is 14.9 Å². The highest BCUT2D eigenvalue weighted by molar-refractivity contribution is 6.06. The van der Waals surface area contributed by atoms with Crippen molar-refractivity contribution < 1.29 is 9.72 Å². The maximum absolute atomic E-state index is 13.6. The first-order chi connectivity index (χ1) is 12.9. The number of nitro groups is 1. The Balaban J connectivity index is 2.12. The average Bonchev–Trinajstić information content (AvgIpc) is 2.64. The third-order valence-electron chi connectivity index (χ3n) is 5.60. The van der Waals surface area contributed by atoms with E-state index in [9.17, 15) is 14.9 Å². The summed E-state index contributed by atoms with van der Waals surface area (Å²) in [6.07, 6.45) is 7.87. The van der Waals surface area contributed by atoms with E-state index in [4.69, 9.17) is 0 Å². The third kappa shape index (κ3) is 3.84. The molecule has 0 spiro atoms. The minimum Gasteiger partial charge on any atom is -0.354 e. The molecule has 1 saturated carbocycles. The SMILES string of the molecule is C=CCN1c2ccc([N+](=O)[O-])cc2N(C2CCCCC2)C(=O)C1CC(C)C. The van der Waals surface area contributed by atoms with Gasteiger partial charge in [0.1, 0.15) is 6.04 Å². The molecule has 1 unspecified atom stereocenters. The first-order valence-electron chi connectivity index (χ1n) is 9.93. The lowest BCUT2D eigenvalue weighted by Crippen LogP contribution is -2.57. The molecule has 6 nitrogen and oxygen atoms in total. The van der Waals surface area contributed by atoms with Crippen molar-refractivity contribution in [1.82, 2.24) is 0 Å². The summed E-state index contributed by atoms with van der Waals surface area (Å²) in [5, 5.41) is 11.3. The van der Waals surface area contributed by atoms with Gasteiger partial charge in [0.15, 0.2) is 0 Å². The molecule has 0 radical (unpaired) electrons. The monoisotopic (exact) mass is 371 g/mol. The topological polar surface area (TPSA) is 66.7 Å². The number of amides is 1. The molecule has 1 atom stereocenters. The Kier molecular flexibility index (Phi) is 5.82. The normalized spacial score (nSPS) is 20.7. The highest BCUT2D eigenvalue weighted by Gasteiger charge is 2.41. The van der Waals surface area contributed by atoms with E-state index in [1.54, 1.807) is 18.2 Å². The average molecular weight is 371 g/mol. The van der Waals surface area contributed by atoms with Gasteiger partial charge in [-0.15, -0.1) is 6.58 Å². The first kappa shape index (κ1) is 19.4. The van der Waals surface area contributed by atoms with Crippen molar-refractivity contribution in [1.29, 1.82) is 0 Å². The standard InChI is InChI=1S/C21H29N3O3/c1-4-12-22-18-11-10-17(24(26)27)14-19(18)23(16-8-6-5-7-9-16)21(25)20(22)13-15(2)3/h4,10-11,14-16,20H,1,5-9,12-13H2,2-3H3. The van der Waals surface area contributed by atoms with Crippen LogP contribution in [0.5, 0.6) is 0 Å². The maximum Gasteiger partial charge on any atom is 0.271 e. The molecule has 146 valence electrons. The Morgan fingerprint density at radius 3 is 2.56 bits per heavy atom. The summed E-state index contributed by atoms with van der Waals surface area (Å²) >= 11 is 0. The fourth-order valence-corrected chi connectivity index (χ4v) is 4.40. The van der Waals surface area contributed by atoms with Crippen LogP contribution in [0.15, 0.2) is 30.9 Å². The van der Waals surface area contributed by atoms with E-state index >= 15 is 0 Å². The van der Waals surface area contributed by atoms with Gasteiger partial charge >= 0.3 is 0 Å². The number of carbonyl (C=O) groups is 1. The van der Waals surface area contributed by atoms with E-state index in [0.29, 0.717) is 18.2 Å². The zero-order valence-corrected chi connectivity index (χ0v) is 16.3. The molecule has 1 aliphatic heterocycles. The summed E-state index contributed by atoms with van der Waals surface area (Å²) in [6.45, 7) is 8.64. The summed E-state index contributed by atoms with van der Waals surface area (Å²) in [5.41, 5.74) is 1.61. The lowest BCUT2D eigenvalue weighted by Gasteiger charge is -2.46. The van der Waals surface area contributed by atoms with Gasteiger partial charge in [0.2, 0.25) is 5.91 Å². The van der Waals surface area contributed by atoms with Crippen molar-refractivity contribution in [2.75, 3.05) is 16.3 Å². The van der Waals surface area contributed by atoms with Gasteiger partial charge in [0.05, 0.1) is 16.3 Å². The minimum atomic E-state index is -0.387. The van der Waals surface area contributed by atoms with Crippen molar-refractivity contribution in [3.05, 3.63) is 41.0 Å². The Morgan fingerprint density at radius 2 is 1.96 bits per heavy atom. The second-order valence-electron chi connectivity index (χ2n) is 8.02.